The minimum atomic E-state index is -3.06. The van der Waals surface area contributed by atoms with Crippen LogP contribution in [0.5, 0.6) is 0 Å². The van der Waals surface area contributed by atoms with E-state index in [4.69, 9.17) is 9.40 Å². The average Bonchev–Trinajstić information content (AvgIpc) is 3.58. The highest BCUT2D eigenvalue weighted by molar-refractivity contribution is 7.85. The normalized spacial score (nSPS) is 11.8. The Labute approximate surface area is 284 Å². The molecule has 0 unspecified atom stereocenters. The topological polar surface area (TPSA) is 43.1 Å². The lowest BCUT2D eigenvalue weighted by atomic mass is 9.95. The number of pyridine rings is 1. The van der Waals surface area contributed by atoms with Crippen molar-refractivity contribution in [3.8, 4) is 33.5 Å². The fourth-order valence-electron chi connectivity index (χ4n) is 7.01. The minimum Gasteiger partial charge on any atom is -0.454 e. The van der Waals surface area contributed by atoms with Crippen LogP contribution in [-0.2, 0) is 4.57 Å². The van der Waals surface area contributed by atoms with Crippen molar-refractivity contribution in [2.75, 3.05) is 0 Å². The van der Waals surface area contributed by atoms with Crippen LogP contribution in [0.2, 0.25) is 0 Å². The maximum absolute atomic E-state index is 14.9. The van der Waals surface area contributed by atoms with Crippen LogP contribution in [0.1, 0.15) is 0 Å². The molecule has 0 radical (unpaired) electrons. The predicted octanol–water partition coefficient (Wildman–Crippen LogP) is 10.8. The van der Waals surface area contributed by atoms with E-state index in [-0.39, 0.29) is 0 Å². The first-order valence-corrected chi connectivity index (χ1v) is 18.1. The van der Waals surface area contributed by atoms with E-state index < -0.39 is 7.14 Å². The van der Waals surface area contributed by atoms with E-state index in [9.17, 15) is 4.57 Å². The first-order valence-electron chi connectivity index (χ1n) is 16.4. The standard InChI is InChI=1S/C45H30NO2P/c47-49(35-18-6-2-7-19-35,36-20-8-3-9-21-36)37-28-26-31(27-29-37)33-16-12-17-34(30-33)44-45-43(39-22-10-11-25-41(39)48-45)42-38(23-13-24-40(42)46-44)32-14-4-1-5-15-32/h1-30H. The van der Waals surface area contributed by atoms with Gasteiger partial charge in [0, 0.05) is 37.6 Å². The first kappa shape index (κ1) is 29.1. The first-order chi connectivity index (χ1) is 24.2. The van der Waals surface area contributed by atoms with E-state index in [0.29, 0.717) is 0 Å². The molecule has 0 fully saturated rings. The van der Waals surface area contributed by atoms with Gasteiger partial charge in [-0.05, 0) is 40.5 Å². The number of fused-ring (bicyclic) bond motifs is 5. The summed E-state index contributed by atoms with van der Waals surface area (Å²) in [6.45, 7) is 0. The molecule has 7 aromatic carbocycles. The number of aromatic nitrogens is 1. The number of para-hydroxylation sites is 1. The fraction of sp³-hybridized carbons (Fsp3) is 0. The van der Waals surface area contributed by atoms with Gasteiger partial charge < -0.3 is 8.98 Å². The van der Waals surface area contributed by atoms with Crippen molar-refractivity contribution in [3.05, 3.63) is 182 Å². The van der Waals surface area contributed by atoms with Crippen LogP contribution in [0.15, 0.2) is 186 Å². The van der Waals surface area contributed by atoms with Crippen molar-refractivity contribution in [3.63, 3.8) is 0 Å². The third-order valence-corrected chi connectivity index (χ3v) is 12.4. The van der Waals surface area contributed by atoms with Crippen LogP contribution in [0.3, 0.4) is 0 Å². The third kappa shape index (κ3) is 4.90. The van der Waals surface area contributed by atoms with Crippen LogP contribution < -0.4 is 15.9 Å². The average molecular weight is 648 g/mol. The van der Waals surface area contributed by atoms with E-state index in [2.05, 4.69) is 91.0 Å². The Morgan fingerprint density at radius 1 is 0.449 bits per heavy atom. The van der Waals surface area contributed by atoms with Crippen LogP contribution in [0, 0.1) is 0 Å². The summed E-state index contributed by atoms with van der Waals surface area (Å²) in [4.78, 5) is 5.27. The van der Waals surface area contributed by atoms with Gasteiger partial charge in [-0.1, -0.05) is 164 Å². The van der Waals surface area contributed by atoms with Gasteiger partial charge in [0.15, 0.2) is 12.7 Å². The Morgan fingerprint density at radius 2 is 1.02 bits per heavy atom. The molecule has 9 aromatic rings. The third-order valence-electron chi connectivity index (χ3n) is 9.36. The lowest BCUT2D eigenvalue weighted by molar-refractivity contribution is 0.592. The van der Waals surface area contributed by atoms with Gasteiger partial charge in [-0.15, -0.1) is 0 Å². The Balaban J connectivity index is 1.19. The fourth-order valence-corrected chi connectivity index (χ4v) is 9.66. The molecule has 0 aliphatic heterocycles. The summed E-state index contributed by atoms with van der Waals surface area (Å²) in [5.41, 5.74) is 8.66. The number of nitrogens with zero attached hydrogens (tertiary/aromatic N) is 1. The highest BCUT2D eigenvalue weighted by atomic mass is 31.2. The van der Waals surface area contributed by atoms with Crippen LogP contribution >= 0.6 is 7.14 Å². The number of furan rings is 1. The molecule has 0 aliphatic carbocycles. The summed E-state index contributed by atoms with van der Waals surface area (Å²) in [7, 11) is -3.06. The Bertz CT molecular complexity index is 2620. The predicted molar refractivity (Wildman–Crippen MR) is 205 cm³/mol. The summed E-state index contributed by atoms with van der Waals surface area (Å²) in [6.07, 6.45) is 0. The zero-order chi connectivity index (χ0) is 32.8. The molecule has 4 heteroatoms. The molecule has 0 saturated heterocycles. The molecule has 0 atom stereocenters. The highest BCUT2D eigenvalue weighted by Gasteiger charge is 2.29. The minimum absolute atomic E-state index is 0.774. The SMILES string of the molecule is O=P(c1ccccc1)(c1ccccc1)c1ccc(-c2cccc(-c3nc4cccc(-c5ccccc5)c4c4c3oc3ccccc34)c2)cc1. The molecule has 0 N–H and O–H groups in total. The van der Waals surface area contributed by atoms with Gasteiger partial charge in [0.05, 0.1) is 5.52 Å². The van der Waals surface area contributed by atoms with E-state index in [1.807, 2.05) is 91.0 Å². The van der Waals surface area contributed by atoms with Crippen molar-refractivity contribution in [2.24, 2.45) is 0 Å². The number of benzene rings is 7. The second kappa shape index (κ2) is 11.9. The monoisotopic (exact) mass is 647 g/mol. The van der Waals surface area contributed by atoms with Crippen molar-refractivity contribution in [1.82, 2.24) is 4.98 Å². The molecule has 2 heterocycles. The van der Waals surface area contributed by atoms with E-state index >= 15 is 0 Å². The summed E-state index contributed by atoms with van der Waals surface area (Å²) in [5, 5.41) is 5.68. The summed E-state index contributed by atoms with van der Waals surface area (Å²) in [6, 6.07) is 61.2. The maximum Gasteiger partial charge on any atom is 0.171 e. The number of rotatable bonds is 6. The summed E-state index contributed by atoms with van der Waals surface area (Å²) >= 11 is 0. The second-order valence-corrected chi connectivity index (χ2v) is 15.0. The maximum atomic E-state index is 14.9. The molecular weight excluding hydrogens is 617 g/mol. The second-order valence-electron chi connectivity index (χ2n) is 12.2. The molecule has 0 bridgehead atoms. The van der Waals surface area contributed by atoms with Crippen LogP contribution in [-0.4, -0.2) is 4.98 Å². The summed E-state index contributed by atoms with van der Waals surface area (Å²) < 4.78 is 21.5. The van der Waals surface area contributed by atoms with Gasteiger partial charge in [-0.25, -0.2) is 4.98 Å². The van der Waals surface area contributed by atoms with Gasteiger partial charge >= 0.3 is 0 Å². The van der Waals surface area contributed by atoms with Gasteiger partial charge in [-0.3, -0.25) is 0 Å². The Morgan fingerprint density at radius 3 is 1.73 bits per heavy atom. The van der Waals surface area contributed by atoms with Crippen molar-refractivity contribution < 1.29 is 8.98 Å². The quantitative estimate of drug-likeness (QED) is 0.169. The molecule has 0 spiro atoms. The van der Waals surface area contributed by atoms with E-state index in [1.54, 1.807) is 0 Å². The smallest absolute Gasteiger partial charge is 0.171 e. The lowest BCUT2D eigenvalue weighted by Crippen LogP contribution is -2.24. The van der Waals surface area contributed by atoms with Crippen LogP contribution in [0.4, 0.5) is 0 Å². The van der Waals surface area contributed by atoms with Gasteiger partial charge in [-0.2, -0.15) is 0 Å². The van der Waals surface area contributed by atoms with Crippen molar-refractivity contribution in [2.45, 2.75) is 0 Å². The largest absolute Gasteiger partial charge is 0.454 e. The molecule has 232 valence electrons. The van der Waals surface area contributed by atoms with Gasteiger partial charge in [0.2, 0.25) is 0 Å². The molecule has 2 aromatic heterocycles. The molecule has 0 amide bonds. The molecule has 9 rings (SSSR count). The number of hydrogen-bond donors (Lipinski definition) is 0. The Hall–Kier alpha value is -6.02. The van der Waals surface area contributed by atoms with E-state index in [1.165, 1.54) is 0 Å². The zero-order valence-corrected chi connectivity index (χ0v) is 27.4. The van der Waals surface area contributed by atoms with Crippen molar-refractivity contribution >= 4 is 55.9 Å². The van der Waals surface area contributed by atoms with Gasteiger partial charge in [0.25, 0.3) is 0 Å². The molecule has 0 aliphatic rings. The van der Waals surface area contributed by atoms with Gasteiger partial charge in [0.1, 0.15) is 11.3 Å². The molecule has 49 heavy (non-hydrogen) atoms. The van der Waals surface area contributed by atoms with E-state index in [0.717, 1.165) is 82.3 Å². The van der Waals surface area contributed by atoms with Crippen LogP contribution in [0.25, 0.3) is 66.4 Å². The van der Waals surface area contributed by atoms with Crippen molar-refractivity contribution in [1.29, 1.82) is 0 Å². The summed E-state index contributed by atoms with van der Waals surface area (Å²) in [5.74, 6) is 0. The lowest BCUT2D eigenvalue weighted by Gasteiger charge is -2.20. The molecular formula is C45H30NO2P. The molecule has 0 saturated carbocycles. The number of hydrogen-bond acceptors (Lipinski definition) is 3. The Kier molecular flexibility index (Phi) is 7.08. The zero-order valence-electron chi connectivity index (χ0n) is 26.5. The highest BCUT2D eigenvalue weighted by Crippen LogP contribution is 2.44. The molecule has 3 nitrogen and oxygen atoms in total.